The van der Waals surface area contributed by atoms with E-state index in [9.17, 15) is 25.3 Å². The lowest BCUT2D eigenvalue weighted by Gasteiger charge is -2.22. The van der Waals surface area contributed by atoms with Gasteiger partial charge < -0.3 is 5.11 Å². The summed E-state index contributed by atoms with van der Waals surface area (Å²) in [7, 11) is 0. The van der Waals surface area contributed by atoms with E-state index in [1.807, 2.05) is 0 Å². The second kappa shape index (κ2) is 3.63. The van der Waals surface area contributed by atoms with Crippen molar-refractivity contribution in [1.29, 1.82) is 0 Å². The molecule has 1 aromatic carbocycles. The van der Waals surface area contributed by atoms with E-state index in [4.69, 9.17) is 0 Å². The zero-order chi connectivity index (χ0) is 12.6. The van der Waals surface area contributed by atoms with E-state index in [0.29, 0.717) is 5.56 Å². The standard InChI is InChI=1S/C10H8N2O5/c13-10(12(16)17)5-1-2-7-6-8(11(14)15)3-4-9(7)10/h1-4,6,13H,5H2. The Hall–Kier alpha value is -2.28. The van der Waals surface area contributed by atoms with Crippen LogP contribution in [0.15, 0.2) is 24.3 Å². The van der Waals surface area contributed by atoms with Gasteiger partial charge in [0.2, 0.25) is 0 Å². The Morgan fingerprint density at radius 2 is 2.00 bits per heavy atom. The summed E-state index contributed by atoms with van der Waals surface area (Å²) in [6, 6.07) is 3.58. The average molecular weight is 236 g/mol. The van der Waals surface area contributed by atoms with Gasteiger partial charge in [0.1, 0.15) is 0 Å². The predicted molar refractivity (Wildman–Crippen MR) is 57.6 cm³/mol. The lowest BCUT2D eigenvalue weighted by atomic mass is 9.89. The SMILES string of the molecule is O=[N+]([O-])c1ccc2c(c1)C=CCC2(O)[N+](=O)[O-]. The smallest absolute Gasteiger partial charge is 0.326 e. The summed E-state index contributed by atoms with van der Waals surface area (Å²) >= 11 is 0. The Bertz CT molecular complexity index is 539. The van der Waals surface area contributed by atoms with E-state index in [1.165, 1.54) is 24.3 Å². The maximum Gasteiger partial charge on any atom is 0.353 e. The Kier molecular flexibility index (Phi) is 2.40. The van der Waals surface area contributed by atoms with E-state index in [0.717, 1.165) is 6.07 Å². The molecule has 0 heterocycles. The van der Waals surface area contributed by atoms with E-state index in [-0.39, 0.29) is 17.7 Å². The van der Waals surface area contributed by atoms with Gasteiger partial charge in [-0.25, -0.2) is 0 Å². The highest BCUT2D eigenvalue weighted by Crippen LogP contribution is 2.35. The van der Waals surface area contributed by atoms with Crippen LogP contribution in [-0.2, 0) is 5.72 Å². The fourth-order valence-corrected chi connectivity index (χ4v) is 1.80. The summed E-state index contributed by atoms with van der Waals surface area (Å²) < 4.78 is 0. The molecule has 0 radical (unpaired) electrons. The molecule has 0 aromatic heterocycles. The molecule has 1 atom stereocenters. The molecule has 2 rings (SSSR count). The first-order valence-corrected chi connectivity index (χ1v) is 4.77. The zero-order valence-corrected chi connectivity index (χ0v) is 8.57. The molecule has 88 valence electrons. The molecule has 1 N–H and O–H groups in total. The van der Waals surface area contributed by atoms with Gasteiger partial charge in [0.05, 0.1) is 21.8 Å². The van der Waals surface area contributed by atoms with E-state index in [1.54, 1.807) is 0 Å². The van der Waals surface area contributed by atoms with Crippen LogP contribution in [0.25, 0.3) is 6.08 Å². The number of non-ortho nitro benzene ring substituents is 1. The summed E-state index contributed by atoms with van der Waals surface area (Å²) in [6.07, 6.45) is 2.81. The molecule has 7 nitrogen and oxygen atoms in total. The molecule has 0 fully saturated rings. The van der Waals surface area contributed by atoms with Gasteiger partial charge in [-0.3, -0.25) is 20.2 Å². The second-order valence-corrected chi connectivity index (χ2v) is 3.71. The lowest BCUT2D eigenvalue weighted by Crippen LogP contribution is -2.36. The first-order valence-electron chi connectivity index (χ1n) is 4.77. The van der Waals surface area contributed by atoms with Crippen molar-refractivity contribution in [2.24, 2.45) is 0 Å². The summed E-state index contributed by atoms with van der Waals surface area (Å²) in [5.74, 6) is 0. The third kappa shape index (κ3) is 1.66. The number of aliphatic hydroxyl groups is 1. The van der Waals surface area contributed by atoms with Crippen LogP contribution in [-0.4, -0.2) is 15.0 Å². The highest BCUT2D eigenvalue weighted by atomic mass is 16.7. The first-order chi connectivity index (χ1) is 7.95. The Morgan fingerprint density at radius 1 is 1.29 bits per heavy atom. The van der Waals surface area contributed by atoms with Crippen LogP contribution in [0.1, 0.15) is 17.5 Å². The molecule has 1 aliphatic rings. The largest absolute Gasteiger partial charge is 0.353 e. The van der Waals surface area contributed by atoms with Crippen LogP contribution in [0.2, 0.25) is 0 Å². The van der Waals surface area contributed by atoms with Gasteiger partial charge in [0.25, 0.3) is 5.69 Å². The quantitative estimate of drug-likeness (QED) is 0.475. The van der Waals surface area contributed by atoms with Crippen molar-refractivity contribution < 1.29 is 15.0 Å². The summed E-state index contributed by atoms with van der Waals surface area (Å²) in [6.45, 7) is 0. The van der Waals surface area contributed by atoms with Gasteiger partial charge in [0.15, 0.2) is 0 Å². The molecule has 7 heteroatoms. The highest BCUT2D eigenvalue weighted by Gasteiger charge is 2.44. The van der Waals surface area contributed by atoms with Crippen LogP contribution in [0.5, 0.6) is 0 Å². The van der Waals surface area contributed by atoms with Gasteiger partial charge in [-0.15, -0.1) is 0 Å². The van der Waals surface area contributed by atoms with Crippen LogP contribution < -0.4 is 0 Å². The molecule has 0 spiro atoms. The van der Waals surface area contributed by atoms with E-state index >= 15 is 0 Å². The van der Waals surface area contributed by atoms with Crippen LogP contribution >= 0.6 is 0 Å². The maximum absolute atomic E-state index is 10.8. The average Bonchev–Trinajstić information content (AvgIpc) is 2.28. The van der Waals surface area contributed by atoms with E-state index in [2.05, 4.69) is 0 Å². The van der Waals surface area contributed by atoms with Crippen molar-refractivity contribution in [3.63, 3.8) is 0 Å². The number of rotatable bonds is 2. The third-order valence-electron chi connectivity index (χ3n) is 2.68. The number of benzene rings is 1. The van der Waals surface area contributed by atoms with Gasteiger partial charge in [0, 0.05) is 12.1 Å². The first kappa shape index (κ1) is 11.2. The molecule has 1 unspecified atom stereocenters. The zero-order valence-electron chi connectivity index (χ0n) is 8.57. The minimum Gasteiger partial charge on any atom is -0.326 e. The number of fused-ring (bicyclic) bond motifs is 1. The number of nitro benzene ring substituents is 1. The van der Waals surface area contributed by atoms with Gasteiger partial charge in [-0.2, -0.15) is 0 Å². The van der Waals surface area contributed by atoms with Crippen molar-refractivity contribution >= 4 is 11.8 Å². The molecule has 1 aromatic rings. The predicted octanol–water partition coefficient (Wildman–Crippen LogP) is 1.43. The molecule has 0 saturated carbocycles. The maximum atomic E-state index is 10.8. The van der Waals surface area contributed by atoms with Crippen molar-refractivity contribution in [3.05, 3.63) is 55.6 Å². The molecule has 0 amide bonds. The Morgan fingerprint density at radius 3 is 2.59 bits per heavy atom. The minimum absolute atomic E-state index is 0.0793. The molecule has 0 saturated heterocycles. The van der Waals surface area contributed by atoms with Crippen molar-refractivity contribution in [2.75, 3.05) is 0 Å². The number of hydrogen-bond acceptors (Lipinski definition) is 5. The van der Waals surface area contributed by atoms with Crippen molar-refractivity contribution in [3.8, 4) is 0 Å². The van der Waals surface area contributed by atoms with Gasteiger partial charge >= 0.3 is 5.72 Å². The van der Waals surface area contributed by atoms with Crippen LogP contribution in [0, 0.1) is 20.2 Å². The number of hydrogen-bond donors (Lipinski definition) is 1. The second-order valence-electron chi connectivity index (χ2n) is 3.71. The number of nitro groups is 2. The summed E-state index contributed by atoms with van der Waals surface area (Å²) in [5, 5.41) is 31.3. The normalized spacial score (nSPS) is 21.9. The van der Waals surface area contributed by atoms with Gasteiger partial charge in [-0.1, -0.05) is 12.2 Å². The Labute approximate surface area is 95.3 Å². The lowest BCUT2D eigenvalue weighted by molar-refractivity contribution is -0.635. The number of nitrogens with zero attached hydrogens (tertiary/aromatic N) is 2. The fourth-order valence-electron chi connectivity index (χ4n) is 1.80. The van der Waals surface area contributed by atoms with Crippen molar-refractivity contribution in [2.45, 2.75) is 12.1 Å². The molecular formula is C10H8N2O5. The fraction of sp³-hybridized carbons (Fsp3) is 0.200. The topological polar surface area (TPSA) is 107 Å². The van der Waals surface area contributed by atoms with Crippen LogP contribution in [0.4, 0.5) is 5.69 Å². The molecule has 17 heavy (non-hydrogen) atoms. The van der Waals surface area contributed by atoms with Crippen LogP contribution in [0.3, 0.4) is 0 Å². The van der Waals surface area contributed by atoms with Crippen molar-refractivity contribution in [1.82, 2.24) is 0 Å². The van der Waals surface area contributed by atoms with Gasteiger partial charge in [-0.05, 0) is 11.6 Å². The minimum atomic E-state index is -2.20. The van der Waals surface area contributed by atoms with E-state index < -0.39 is 15.6 Å². The molecule has 0 bridgehead atoms. The third-order valence-corrected chi connectivity index (χ3v) is 2.68. The summed E-state index contributed by atoms with van der Waals surface area (Å²) in [5.41, 5.74) is -1.99. The monoisotopic (exact) mass is 236 g/mol. The summed E-state index contributed by atoms with van der Waals surface area (Å²) in [4.78, 5) is 20.0. The molecular weight excluding hydrogens is 228 g/mol. The molecule has 1 aliphatic carbocycles. The molecule has 0 aliphatic heterocycles. The highest BCUT2D eigenvalue weighted by molar-refractivity contribution is 5.61. The Balaban J connectivity index is 2.59.